The van der Waals surface area contributed by atoms with E-state index < -0.39 is 30.0 Å². The van der Waals surface area contributed by atoms with Crippen molar-refractivity contribution in [3.05, 3.63) is 87.3 Å². The Hall–Kier alpha value is -4.44. The molecule has 2 atom stereocenters. The molecule has 1 aliphatic carbocycles. The van der Waals surface area contributed by atoms with Gasteiger partial charge in [0.15, 0.2) is 0 Å². The molecule has 0 spiro atoms. The molecule has 2 heterocycles. The average Bonchev–Trinajstić information content (AvgIpc) is 3.65. The summed E-state index contributed by atoms with van der Waals surface area (Å²) in [7, 11) is 0. The van der Waals surface area contributed by atoms with Crippen molar-refractivity contribution in [2.45, 2.75) is 65.3 Å². The van der Waals surface area contributed by atoms with E-state index in [0.29, 0.717) is 23.0 Å². The average molecular weight is 561 g/mol. The summed E-state index contributed by atoms with van der Waals surface area (Å²) >= 11 is 0. The summed E-state index contributed by atoms with van der Waals surface area (Å²) in [5, 5.41) is 5.76. The van der Waals surface area contributed by atoms with E-state index in [0.717, 1.165) is 18.4 Å². The minimum absolute atomic E-state index is 0.0994. The maximum absolute atomic E-state index is 13.0. The van der Waals surface area contributed by atoms with Crippen LogP contribution in [-0.4, -0.2) is 24.2 Å². The summed E-state index contributed by atoms with van der Waals surface area (Å²) in [5.41, 5.74) is 1.74. The minimum atomic E-state index is -0.927. The van der Waals surface area contributed by atoms with Crippen LogP contribution in [0.25, 0.3) is 0 Å². The number of hydrogen-bond donors (Lipinski definition) is 2. The third kappa shape index (κ3) is 6.83. The van der Waals surface area contributed by atoms with Crippen LogP contribution >= 0.6 is 0 Å². The van der Waals surface area contributed by atoms with Gasteiger partial charge in [0, 0.05) is 13.0 Å². The van der Waals surface area contributed by atoms with Crippen molar-refractivity contribution in [1.82, 2.24) is 5.32 Å². The highest BCUT2D eigenvalue weighted by Gasteiger charge is 2.36. The summed E-state index contributed by atoms with van der Waals surface area (Å²) in [4.78, 5) is 49.2. The number of benzene rings is 2. The number of amides is 1. The Bertz CT molecular complexity index is 1520. The van der Waals surface area contributed by atoms with Crippen molar-refractivity contribution in [2.24, 2.45) is 5.41 Å². The Morgan fingerprint density at radius 2 is 1.78 bits per heavy atom. The Morgan fingerprint density at radius 3 is 2.49 bits per heavy atom. The maximum Gasteiger partial charge on any atom is 0.347 e. The van der Waals surface area contributed by atoms with E-state index in [1.807, 2.05) is 0 Å². The summed E-state index contributed by atoms with van der Waals surface area (Å²) < 4.78 is 21.9. The summed E-state index contributed by atoms with van der Waals surface area (Å²) in [6, 6.07) is 14.4. The SMILES string of the molecule is CC(=O)Oc1ccccc1C(=O)Oc1ccc(C(C)OC2NC(=O)c3c(CCCC4(C)CC4)cc(=O)oc3N2)cc1. The topological polar surface area (TPSA) is 133 Å². The molecule has 41 heavy (non-hydrogen) atoms. The number of hydrogen-bond acceptors (Lipinski definition) is 9. The van der Waals surface area contributed by atoms with Crippen LogP contribution in [0.5, 0.6) is 11.5 Å². The van der Waals surface area contributed by atoms with E-state index in [-0.39, 0.29) is 28.9 Å². The molecule has 5 rings (SSSR count). The summed E-state index contributed by atoms with van der Waals surface area (Å²) in [6.07, 6.45) is 3.60. The van der Waals surface area contributed by atoms with E-state index in [1.165, 1.54) is 38.0 Å². The molecule has 2 aromatic carbocycles. The Labute approximate surface area is 237 Å². The van der Waals surface area contributed by atoms with Gasteiger partial charge in [-0.25, -0.2) is 9.59 Å². The van der Waals surface area contributed by atoms with Crippen LogP contribution in [0.1, 0.15) is 84.4 Å². The smallest absolute Gasteiger partial charge is 0.347 e. The zero-order valence-electron chi connectivity index (χ0n) is 23.2. The molecule has 1 aromatic heterocycles. The van der Waals surface area contributed by atoms with Gasteiger partial charge in [-0.2, -0.15) is 0 Å². The lowest BCUT2D eigenvalue weighted by Crippen LogP contribution is -2.47. The molecule has 10 heteroatoms. The molecule has 1 fully saturated rings. The second-order valence-corrected chi connectivity index (χ2v) is 10.8. The number of esters is 2. The number of nitrogens with one attached hydrogen (secondary N) is 2. The summed E-state index contributed by atoms with van der Waals surface area (Å²) in [5.74, 6) is -1.09. The maximum atomic E-state index is 13.0. The largest absolute Gasteiger partial charge is 0.426 e. The van der Waals surface area contributed by atoms with E-state index in [2.05, 4.69) is 17.6 Å². The van der Waals surface area contributed by atoms with Gasteiger partial charge in [0.1, 0.15) is 22.6 Å². The van der Waals surface area contributed by atoms with Crippen molar-refractivity contribution >= 4 is 23.7 Å². The molecule has 0 saturated heterocycles. The molecule has 2 unspecified atom stereocenters. The van der Waals surface area contributed by atoms with Gasteiger partial charge < -0.3 is 29.3 Å². The van der Waals surface area contributed by atoms with Crippen molar-refractivity contribution in [3.8, 4) is 11.5 Å². The van der Waals surface area contributed by atoms with E-state index in [1.54, 1.807) is 43.3 Å². The van der Waals surface area contributed by atoms with E-state index in [9.17, 15) is 19.2 Å². The first-order chi connectivity index (χ1) is 19.6. The van der Waals surface area contributed by atoms with E-state index >= 15 is 0 Å². The molecule has 1 saturated carbocycles. The monoisotopic (exact) mass is 560 g/mol. The van der Waals surface area contributed by atoms with Gasteiger partial charge in [-0.15, -0.1) is 0 Å². The molecule has 1 amide bonds. The molecule has 0 bridgehead atoms. The molecule has 214 valence electrons. The van der Waals surface area contributed by atoms with Gasteiger partial charge in [-0.3, -0.25) is 9.59 Å². The minimum Gasteiger partial charge on any atom is -0.426 e. The Morgan fingerprint density at radius 1 is 1.05 bits per heavy atom. The van der Waals surface area contributed by atoms with Crippen LogP contribution in [-0.2, 0) is 16.0 Å². The lowest BCUT2D eigenvalue weighted by Gasteiger charge is -2.29. The first-order valence-corrected chi connectivity index (χ1v) is 13.6. The molecule has 0 radical (unpaired) electrons. The van der Waals surface area contributed by atoms with Crippen LogP contribution in [0.2, 0.25) is 0 Å². The van der Waals surface area contributed by atoms with Gasteiger partial charge in [-0.1, -0.05) is 31.2 Å². The van der Waals surface area contributed by atoms with Crippen LogP contribution < -0.4 is 25.7 Å². The fourth-order valence-corrected chi connectivity index (χ4v) is 4.80. The number of para-hydroxylation sites is 1. The van der Waals surface area contributed by atoms with Gasteiger partial charge in [-0.05, 0) is 79.8 Å². The normalized spacial score (nSPS) is 17.4. The first-order valence-electron chi connectivity index (χ1n) is 13.6. The van der Waals surface area contributed by atoms with Crippen molar-refractivity contribution in [2.75, 3.05) is 5.32 Å². The lowest BCUT2D eigenvalue weighted by atomic mass is 9.97. The highest BCUT2D eigenvalue weighted by atomic mass is 16.6. The number of ether oxygens (including phenoxy) is 3. The number of anilines is 1. The van der Waals surface area contributed by atoms with E-state index in [4.69, 9.17) is 18.6 Å². The number of carbonyl (C=O) groups is 3. The van der Waals surface area contributed by atoms with Gasteiger partial charge in [0.05, 0.1) is 6.10 Å². The standard InChI is InChI=1S/C31H32N2O8/c1-18(20-10-12-22(13-11-20)40-29(37)23-8-4-5-9-24(23)39-19(2)34)38-30-32-27(36)26-21(7-6-14-31(3)15-16-31)17-25(35)41-28(26)33-30/h4-5,8-13,17-18,30,33H,6-7,14-16H2,1-3H3,(H,32,36). The van der Waals surface area contributed by atoms with Crippen LogP contribution in [0.4, 0.5) is 5.88 Å². The Kier molecular flexibility index (Phi) is 7.94. The van der Waals surface area contributed by atoms with Gasteiger partial charge in [0.25, 0.3) is 5.91 Å². The molecule has 10 nitrogen and oxygen atoms in total. The number of aryl methyl sites for hydroxylation is 1. The molecule has 1 aliphatic heterocycles. The quantitative estimate of drug-likeness (QED) is 0.256. The van der Waals surface area contributed by atoms with Crippen molar-refractivity contribution in [1.29, 1.82) is 0 Å². The predicted molar refractivity (Wildman–Crippen MR) is 149 cm³/mol. The fraction of sp³-hybridized carbons (Fsp3) is 0.355. The number of carbonyl (C=O) groups excluding carboxylic acids is 3. The second kappa shape index (κ2) is 11.6. The Balaban J connectivity index is 1.21. The van der Waals surface area contributed by atoms with Crippen molar-refractivity contribution < 1.29 is 33.0 Å². The number of fused-ring (bicyclic) bond motifs is 1. The lowest BCUT2D eigenvalue weighted by molar-refractivity contribution is -0.131. The fourth-order valence-electron chi connectivity index (χ4n) is 4.80. The van der Waals surface area contributed by atoms with Gasteiger partial charge in [0.2, 0.25) is 12.2 Å². The summed E-state index contributed by atoms with van der Waals surface area (Å²) in [6.45, 7) is 5.30. The molecular weight excluding hydrogens is 528 g/mol. The highest BCUT2D eigenvalue weighted by molar-refractivity contribution is 6.01. The number of rotatable bonds is 10. The second-order valence-electron chi connectivity index (χ2n) is 10.8. The van der Waals surface area contributed by atoms with Crippen LogP contribution in [0.3, 0.4) is 0 Å². The molecule has 2 aliphatic rings. The molecule has 2 N–H and O–H groups in total. The third-order valence-corrected chi connectivity index (χ3v) is 7.39. The molecular formula is C31H32N2O8. The third-order valence-electron chi connectivity index (χ3n) is 7.39. The molecule has 3 aromatic rings. The zero-order valence-corrected chi connectivity index (χ0v) is 23.2. The highest BCUT2D eigenvalue weighted by Crippen LogP contribution is 2.49. The van der Waals surface area contributed by atoms with Crippen LogP contribution in [0.15, 0.2) is 63.8 Å². The van der Waals surface area contributed by atoms with Gasteiger partial charge >= 0.3 is 17.6 Å². The van der Waals surface area contributed by atoms with Crippen LogP contribution in [0, 0.1) is 5.41 Å². The zero-order chi connectivity index (χ0) is 29.1. The predicted octanol–water partition coefficient (Wildman–Crippen LogP) is 5.12. The van der Waals surface area contributed by atoms with Crippen molar-refractivity contribution in [3.63, 3.8) is 0 Å². The first kappa shape index (κ1) is 28.1.